The molecule has 0 radical (unpaired) electrons. The summed E-state index contributed by atoms with van der Waals surface area (Å²) in [7, 11) is 1.04. The number of nitrogens with one attached hydrogen (secondary N) is 1. The van der Waals surface area contributed by atoms with E-state index in [1.165, 1.54) is 6.92 Å². The number of hydrogen-bond acceptors (Lipinski definition) is 4. The van der Waals surface area contributed by atoms with Crippen LogP contribution in [0.2, 0.25) is 0 Å². The zero-order valence-electron chi connectivity index (χ0n) is 6.66. The lowest BCUT2D eigenvalue weighted by Gasteiger charge is -2.06. The number of carboxylic acid groups (broad SMARTS) is 1. The van der Waals surface area contributed by atoms with Gasteiger partial charge in [-0.15, -0.1) is 0 Å². The number of carboxylic acids is 1. The average Bonchev–Trinajstić information content (AvgIpc) is 2.02. The van der Waals surface area contributed by atoms with E-state index in [0.29, 0.717) is 0 Å². The van der Waals surface area contributed by atoms with Crippen LogP contribution < -0.4 is 5.32 Å². The molecule has 1 amide bonds. The first-order valence-corrected chi connectivity index (χ1v) is 3.10. The van der Waals surface area contributed by atoms with E-state index >= 15 is 0 Å². The highest BCUT2D eigenvalue weighted by Gasteiger charge is 2.19. The van der Waals surface area contributed by atoms with Crippen LogP contribution in [0.4, 0.5) is 0 Å². The molecular weight excluding hydrogens is 166 g/mol. The van der Waals surface area contributed by atoms with Gasteiger partial charge in [-0.2, -0.15) is 0 Å². The lowest BCUT2D eigenvalue weighted by atomic mass is 10.3. The molecule has 1 atom stereocenters. The second-order valence-corrected chi connectivity index (χ2v) is 2.02. The van der Waals surface area contributed by atoms with Crippen LogP contribution in [-0.4, -0.2) is 36.1 Å². The lowest BCUT2D eigenvalue weighted by Crippen LogP contribution is -2.42. The number of amides is 1. The molecule has 0 fully saturated rings. The first-order valence-electron chi connectivity index (χ1n) is 3.10. The first-order chi connectivity index (χ1) is 5.49. The van der Waals surface area contributed by atoms with Crippen LogP contribution >= 0.6 is 0 Å². The number of carbonyl (C=O) groups excluding carboxylic acids is 2. The third-order valence-corrected chi connectivity index (χ3v) is 1.09. The third-order valence-electron chi connectivity index (χ3n) is 1.09. The first kappa shape index (κ1) is 10.4. The molecule has 0 heterocycles. The molecule has 1 unspecified atom stereocenters. The van der Waals surface area contributed by atoms with Crippen molar-refractivity contribution >= 4 is 17.8 Å². The van der Waals surface area contributed by atoms with Crippen LogP contribution in [0, 0.1) is 0 Å². The molecule has 0 aliphatic carbocycles. The van der Waals surface area contributed by atoms with Crippen LogP contribution in [-0.2, 0) is 19.1 Å². The minimum atomic E-state index is -1.22. The summed E-state index contributed by atoms with van der Waals surface area (Å²) in [6.07, 6.45) is 0. The molecule has 0 spiro atoms. The van der Waals surface area contributed by atoms with Crippen molar-refractivity contribution in [1.29, 1.82) is 0 Å². The third kappa shape index (κ3) is 3.00. The van der Waals surface area contributed by atoms with Gasteiger partial charge in [0.2, 0.25) is 0 Å². The van der Waals surface area contributed by atoms with Crippen molar-refractivity contribution in [3.05, 3.63) is 0 Å². The number of hydrogen-bond donors (Lipinski definition) is 2. The Bertz CT molecular complexity index is 212. The SMILES string of the molecule is COC(=O)C(=O)NC(C)C(=O)O. The van der Waals surface area contributed by atoms with Gasteiger partial charge in [0, 0.05) is 0 Å². The topological polar surface area (TPSA) is 92.7 Å². The van der Waals surface area contributed by atoms with Gasteiger partial charge < -0.3 is 15.2 Å². The predicted octanol–water partition coefficient (Wildman–Crippen LogP) is -1.25. The van der Waals surface area contributed by atoms with E-state index in [1.807, 2.05) is 5.32 Å². The summed E-state index contributed by atoms with van der Waals surface area (Å²) in [5.74, 6) is -3.39. The highest BCUT2D eigenvalue weighted by Crippen LogP contribution is 1.82. The lowest BCUT2D eigenvalue weighted by molar-refractivity contribution is -0.154. The summed E-state index contributed by atoms with van der Waals surface area (Å²) in [5, 5.41) is 10.2. The Balaban J connectivity index is 4.01. The zero-order valence-corrected chi connectivity index (χ0v) is 6.66. The van der Waals surface area contributed by atoms with E-state index in [9.17, 15) is 14.4 Å². The highest BCUT2D eigenvalue weighted by molar-refractivity contribution is 6.32. The van der Waals surface area contributed by atoms with Crippen molar-refractivity contribution in [3.63, 3.8) is 0 Å². The minimum absolute atomic E-state index is 1.04. The zero-order chi connectivity index (χ0) is 9.72. The molecule has 0 aliphatic heterocycles. The summed E-state index contributed by atoms with van der Waals surface area (Å²) in [4.78, 5) is 31.3. The fourth-order valence-electron chi connectivity index (χ4n) is 0.410. The Morgan fingerprint density at radius 3 is 2.25 bits per heavy atom. The smallest absolute Gasteiger partial charge is 0.396 e. The average molecular weight is 175 g/mol. The van der Waals surface area contributed by atoms with Gasteiger partial charge in [0.1, 0.15) is 6.04 Å². The van der Waals surface area contributed by atoms with Crippen LogP contribution in [0.1, 0.15) is 6.92 Å². The number of aliphatic carboxylic acids is 1. The molecular formula is C6H9NO5. The highest BCUT2D eigenvalue weighted by atomic mass is 16.5. The number of methoxy groups -OCH3 is 1. The molecule has 0 saturated heterocycles. The van der Waals surface area contributed by atoms with Crippen molar-refractivity contribution in [2.75, 3.05) is 7.11 Å². The largest absolute Gasteiger partial charge is 0.480 e. The van der Waals surface area contributed by atoms with E-state index in [2.05, 4.69) is 4.74 Å². The van der Waals surface area contributed by atoms with Gasteiger partial charge in [-0.05, 0) is 6.92 Å². The molecule has 0 aromatic carbocycles. The molecule has 12 heavy (non-hydrogen) atoms. The van der Waals surface area contributed by atoms with Crippen molar-refractivity contribution in [2.45, 2.75) is 13.0 Å². The second kappa shape index (κ2) is 4.32. The van der Waals surface area contributed by atoms with Gasteiger partial charge in [-0.3, -0.25) is 9.59 Å². The summed E-state index contributed by atoms with van der Waals surface area (Å²) < 4.78 is 4.05. The quantitative estimate of drug-likeness (QED) is 0.404. The Labute approximate surface area is 68.5 Å². The van der Waals surface area contributed by atoms with Crippen LogP contribution in [0.3, 0.4) is 0 Å². The Morgan fingerprint density at radius 1 is 1.42 bits per heavy atom. The fourth-order valence-corrected chi connectivity index (χ4v) is 0.410. The van der Waals surface area contributed by atoms with E-state index in [1.54, 1.807) is 0 Å². The summed E-state index contributed by atoms with van der Waals surface area (Å²) in [5.41, 5.74) is 0. The van der Waals surface area contributed by atoms with Crippen molar-refractivity contribution in [2.24, 2.45) is 0 Å². The van der Waals surface area contributed by atoms with E-state index in [0.717, 1.165) is 7.11 Å². The molecule has 0 rings (SSSR count). The van der Waals surface area contributed by atoms with Gasteiger partial charge in [0.05, 0.1) is 7.11 Å². The maximum atomic E-state index is 10.6. The maximum absolute atomic E-state index is 10.6. The standard InChI is InChI=1S/C6H9NO5/c1-3(5(9)10)7-4(8)6(11)12-2/h3H,1-2H3,(H,7,8)(H,9,10). The number of carbonyl (C=O) groups is 3. The van der Waals surface area contributed by atoms with Crippen LogP contribution in [0.5, 0.6) is 0 Å². The van der Waals surface area contributed by atoms with E-state index < -0.39 is 23.9 Å². The Kier molecular flexibility index (Phi) is 3.75. The maximum Gasteiger partial charge on any atom is 0.396 e. The molecule has 2 N–H and O–H groups in total. The summed E-state index contributed by atoms with van der Waals surface area (Å²) >= 11 is 0. The van der Waals surface area contributed by atoms with Crippen LogP contribution in [0.25, 0.3) is 0 Å². The molecule has 0 aromatic rings. The summed E-state index contributed by atoms with van der Waals surface area (Å²) in [6, 6.07) is -1.10. The van der Waals surface area contributed by atoms with Gasteiger partial charge >= 0.3 is 17.8 Å². The summed E-state index contributed by atoms with van der Waals surface area (Å²) in [6.45, 7) is 1.24. The molecule has 0 saturated carbocycles. The van der Waals surface area contributed by atoms with Gasteiger partial charge in [-0.1, -0.05) is 0 Å². The van der Waals surface area contributed by atoms with E-state index in [4.69, 9.17) is 5.11 Å². The van der Waals surface area contributed by atoms with Crippen molar-refractivity contribution < 1.29 is 24.2 Å². The molecule has 68 valence electrons. The monoisotopic (exact) mass is 175 g/mol. The van der Waals surface area contributed by atoms with E-state index in [-0.39, 0.29) is 0 Å². The molecule has 6 heteroatoms. The van der Waals surface area contributed by atoms with Gasteiger partial charge in [0.25, 0.3) is 0 Å². The number of esters is 1. The normalized spacial score (nSPS) is 11.5. The number of ether oxygens (including phenoxy) is 1. The molecule has 0 aromatic heterocycles. The predicted molar refractivity (Wildman–Crippen MR) is 37.3 cm³/mol. The second-order valence-electron chi connectivity index (χ2n) is 2.02. The van der Waals surface area contributed by atoms with Crippen LogP contribution in [0.15, 0.2) is 0 Å². The Hall–Kier alpha value is -1.59. The molecule has 6 nitrogen and oxygen atoms in total. The fraction of sp³-hybridized carbons (Fsp3) is 0.500. The van der Waals surface area contributed by atoms with Crippen molar-refractivity contribution in [3.8, 4) is 0 Å². The number of rotatable bonds is 2. The Morgan fingerprint density at radius 2 is 1.92 bits per heavy atom. The minimum Gasteiger partial charge on any atom is -0.480 e. The van der Waals surface area contributed by atoms with Crippen molar-refractivity contribution in [1.82, 2.24) is 5.32 Å². The van der Waals surface area contributed by atoms with Gasteiger partial charge in [0.15, 0.2) is 0 Å². The molecule has 0 aliphatic rings. The van der Waals surface area contributed by atoms with Gasteiger partial charge in [-0.25, -0.2) is 4.79 Å². The molecule has 0 bridgehead atoms.